The molecule has 1 aromatic carbocycles. The summed E-state index contributed by atoms with van der Waals surface area (Å²) in [6.07, 6.45) is -4.25. The van der Waals surface area contributed by atoms with E-state index in [0.29, 0.717) is 28.3 Å². The molecule has 0 amide bonds. The van der Waals surface area contributed by atoms with Crippen LogP contribution in [0.15, 0.2) is 35.7 Å². The van der Waals surface area contributed by atoms with Crippen molar-refractivity contribution in [3.8, 4) is 21.8 Å². The van der Waals surface area contributed by atoms with Crippen molar-refractivity contribution in [2.24, 2.45) is 0 Å². The van der Waals surface area contributed by atoms with E-state index in [1.165, 1.54) is 15.9 Å². The molecule has 0 bridgehead atoms. The SMILES string of the molecule is Cc1cc(-c2csc(-c3ccccc3N)n2)c(C)n1CC(F)(F)F. The Hall–Kier alpha value is -2.28. The van der Waals surface area contributed by atoms with Crippen LogP contribution in [0.5, 0.6) is 0 Å². The molecule has 0 atom stereocenters. The number of thiazole rings is 1. The highest BCUT2D eigenvalue weighted by molar-refractivity contribution is 7.13. The second kappa shape index (κ2) is 5.98. The largest absolute Gasteiger partial charge is 0.406 e. The summed E-state index contributed by atoms with van der Waals surface area (Å²) in [5.41, 5.74) is 9.93. The molecule has 0 aliphatic heterocycles. The van der Waals surface area contributed by atoms with Crippen molar-refractivity contribution in [2.45, 2.75) is 26.6 Å². The average Bonchev–Trinajstić information content (AvgIpc) is 3.07. The van der Waals surface area contributed by atoms with Gasteiger partial charge in [-0.05, 0) is 32.0 Å². The monoisotopic (exact) mass is 351 g/mol. The third-order valence-electron chi connectivity index (χ3n) is 3.88. The minimum atomic E-state index is -4.25. The van der Waals surface area contributed by atoms with Crippen molar-refractivity contribution in [3.63, 3.8) is 0 Å². The molecule has 126 valence electrons. The fraction of sp³-hybridized carbons (Fsp3) is 0.235. The number of halogens is 3. The molecule has 3 aromatic rings. The number of aryl methyl sites for hydroxylation is 1. The summed E-state index contributed by atoms with van der Waals surface area (Å²) in [5.74, 6) is 0. The number of aromatic nitrogens is 2. The topological polar surface area (TPSA) is 43.8 Å². The predicted molar refractivity (Wildman–Crippen MR) is 90.9 cm³/mol. The highest BCUT2D eigenvalue weighted by Crippen LogP contribution is 2.34. The minimum absolute atomic E-state index is 0.558. The Bertz CT molecular complexity index is 878. The Morgan fingerprint density at radius 1 is 1.17 bits per heavy atom. The molecule has 0 unspecified atom stereocenters. The number of nitrogen functional groups attached to an aromatic ring is 1. The number of benzene rings is 1. The van der Waals surface area contributed by atoms with Gasteiger partial charge in [-0.3, -0.25) is 0 Å². The summed E-state index contributed by atoms with van der Waals surface area (Å²) < 4.78 is 39.5. The van der Waals surface area contributed by atoms with Gasteiger partial charge >= 0.3 is 6.18 Å². The fourth-order valence-corrected chi connectivity index (χ4v) is 3.56. The molecule has 0 saturated carbocycles. The van der Waals surface area contributed by atoms with Gasteiger partial charge in [0.1, 0.15) is 11.6 Å². The van der Waals surface area contributed by atoms with Crippen LogP contribution < -0.4 is 5.73 Å². The van der Waals surface area contributed by atoms with Crippen molar-refractivity contribution >= 4 is 17.0 Å². The third-order valence-corrected chi connectivity index (χ3v) is 4.76. The molecule has 2 heterocycles. The van der Waals surface area contributed by atoms with Crippen LogP contribution >= 0.6 is 11.3 Å². The molecule has 2 N–H and O–H groups in total. The van der Waals surface area contributed by atoms with Crippen molar-refractivity contribution in [3.05, 3.63) is 47.1 Å². The highest BCUT2D eigenvalue weighted by Gasteiger charge is 2.30. The zero-order chi connectivity index (χ0) is 17.5. The van der Waals surface area contributed by atoms with Gasteiger partial charge < -0.3 is 10.3 Å². The zero-order valence-electron chi connectivity index (χ0n) is 13.2. The van der Waals surface area contributed by atoms with E-state index in [4.69, 9.17) is 5.73 Å². The number of hydrogen-bond donors (Lipinski definition) is 1. The summed E-state index contributed by atoms with van der Waals surface area (Å²) in [5, 5.41) is 2.60. The van der Waals surface area contributed by atoms with Crippen molar-refractivity contribution in [1.29, 1.82) is 0 Å². The number of para-hydroxylation sites is 1. The average molecular weight is 351 g/mol. The normalized spacial score (nSPS) is 11.9. The second-order valence-electron chi connectivity index (χ2n) is 5.61. The Balaban J connectivity index is 2.00. The molecule has 0 radical (unpaired) electrons. The molecule has 0 spiro atoms. The molecule has 3 nitrogen and oxygen atoms in total. The summed E-state index contributed by atoms with van der Waals surface area (Å²) in [6, 6.07) is 9.14. The van der Waals surface area contributed by atoms with Gasteiger partial charge in [0.15, 0.2) is 0 Å². The van der Waals surface area contributed by atoms with E-state index in [1.54, 1.807) is 26.0 Å². The molecule has 0 saturated heterocycles. The molecule has 0 aliphatic rings. The molecule has 7 heteroatoms. The maximum Gasteiger partial charge on any atom is 0.406 e. The molecule has 0 aliphatic carbocycles. The first kappa shape index (κ1) is 16.6. The van der Waals surface area contributed by atoms with E-state index in [9.17, 15) is 13.2 Å². The summed E-state index contributed by atoms with van der Waals surface area (Å²) in [7, 11) is 0. The number of nitrogens with two attached hydrogens (primary N) is 1. The maximum atomic E-state index is 12.7. The highest BCUT2D eigenvalue weighted by atomic mass is 32.1. The van der Waals surface area contributed by atoms with Crippen molar-refractivity contribution < 1.29 is 13.2 Å². The van der Waals surface area contributed by atoms with E-state index in [1.807, 2.05) is 23.6 Å². The van der Waals surface area contributed by atoms with Crippen LogP contribution in [0.3, 0.4) is 0 Å². The van der Waals surface area contributed by atoms with Crippen LogP contribution in [-0.2, 0) is 6.54 Å². The zero-order valence-corrected chi connectivity index (χ0v) is 14.0. The van der Waals surface area contributed by atoms with Crippen LogP contribution in [0.2, 0.25) is 0 Å². The molecule has 3 rings (SSSR count). The third kappa shape index (κ3) is 3.17. The standard InChI is InChI=1S/C17H16F3N3S/c1-10-7-13(11(2)23(10)9-17(18,19)20)15-8-24-16(22-15)12-5-3-4-6-14(12)21/h3-8H,9,21H2,1-2H3. The Morgan fingerprint density at radius 2 is 1.88 bits per heavy atom. The van der Waals surface area contributed by atoms with E-state index in [-0.39, 0.29) is 0 Å². The van der Waals surface area contributed by atoms with E-state index in [2.05, 4.69) is 4.98 Å². The summed E-state index contributed by atoms with van der Waals surface area (Å²) >= 11 is 1.43. The Morgan fingerprint density at radius 3 is 2.54 bits per heavy atom. The number of alkyl halides is 3. The fourth-order valence-electron chi connectivity index (χ4n) is 2.70. The first-order chi connectivity index (χ1) is 11.3. The van der Waals surface area contributed by atoms with Gasteiger partial charge in [-0.25, -0.2) is 4.98 Å². The number of nitrogens with zero attached hydrogens (tertiary/aromatic N) is 2. The molecule has 0 fully saturated rings. The van der Waals surface area contributed by atoms with Crippen molar-refractivity contribution in [2.75, 3.05) is 5.73 Å². The van der Waals surface area contributed by atoms with Gasteiger partial charge in [0.05, 0.1) is 5.69 Å². The molecule has 24 heavy (non-hydrogen) atoms. The van der Waals surface area contributed by atoms with Gasteiger partial charge in [-0.1, -0.05) is 12.1 Å². The molecular formula is C17H16F3N3S. The lowest BCUT2D eigenvalue weighted by Gasteiger charge is -2.12. The lowest BCUT2D eigenvalue weighted by atomic mass is 10.2. The molecule has 2 aromatic heterocycles. The summed E-state index contributed by atoms with van der Waals surface area (Å²) in [6.45, 7) is 2.36. The van der Waals surface area contributed by atoms with E-state index in [0.717, 1.165) is 10.6 Å². The van der Waals surface area contributed by atoms with Crippen LogP contribution in [0.4, 0.5) is 18.9 Å². The van der Waals surface area contributed by atoms with Gasteiger partial charge in [-0.15, -0.1) is 11.3 Å². The Kier molecular flexibility index (Phi) is 4.13. The van der Waals surface area contributed by atoms with Crippen LogP contribution in [0.25, 0.3) is 21.8 Å². The van der Waals surface area contributed by atoms with E-state index < -0.39 is 12.7 Å². The summed E-state index contributed by atoms with van der Waals surface area (Å²) in [4.78, 5) is 4.57. The van der Waals surface area contributed by atoms with Crippen LogP contribution in [0, 0.1) is 13.8 Å². The van der Waals surface area contributed by atoms with Gasteiger partial charge in [0.2, 0.25) is 0 Å². The first-order valence-corrected chi connectivity index (χ1v) is 8.18. The van der Waals surface area contributed by atoms with Crippen LogP contribution in [-0.4, -0.2) is 15.7 Å². The first-order valence-electron chi connectivity index (χ1n) is 7.30. The van der Waals surface area contributed by atoms with Crippen molar-refractivity contribution in [1.82, 2.24) is 9.55 Å². The molecular weight excluding hydrogens is 335 g/mol. The smallest absolute Gasteiger partial charge is 0.398 e. The Labute approximate surface area is 141 Å². The number of anilines is 1. The lowest BCUT2D eigenvalue weighted by Crippen LogP contribution is -2.19. The minimum Gasteiger partial charge on any atom is -0.398 e. The maximum absolute atomic E-state index is 12.7. The quantitative estimate of drug-likeness (QED) is 0.672. The second-order valence-corrected chi connectivity index (χ2v) is 6.47. The van der Waals surface area contributed by atoms with Gasteiger partial charge in [0, 0.05) is 33.6 Å². The van der Waals surface area contributed by atoms with Gasteiger partial charge in [-0.2, -0.15) is 13.2 Å². The van der Waals surface area contributed by atoms with E-state index >= 15 is 0 Å². The lowest BCUT2D eigenvalue weighted by molar-refractivity contribution is -0.141. The van der Waals surface area contributed by atoms with Crippen LogP contribution in [0.1, 0.15) is 11.4 Å². The number of hydrogen-bond acceptors (Lipinski definition) is 3. The number of rotatable bonds is 3. The predicted octanol–water partition coefficient (Wildman–Crippen LogP) is 5.04. The van der Waals surface area contributed by atoms with Gasteiger partial charge in [0.25, 0.3) is 0 Å².